The molecule has 0 saturated carbocycles. The van der Waals surface area contributed by atoms with E-state index in [1.165, 1.54) is 0 Å². The molecule has 0 aromatic carbocycles. The number of likely N-dealkylation sites (tertiary alicyclic amines) is 1. The minimum absolute atomic E-state index is 0.245. The minimum atomic E-state index is -1.19. The summed E-state index contributed by atoms with van der Waals surface area (Å²) in [4.78, 5) is 1.65. The fraction of sp³-hybridized carbons (Fsp3) is 1.00. The van der Waals surface area contributed by atoms with E-state index in [9.17, 15) is 15.3 Å². The molecule has 5 heteroatoms. The summed E-state index contributed by atoms with van der Waals surface area (Å²) >= 11 is 0. The van der Waals surface area contributed by atoms with Crippen LogP contribution in [-0.4, -0.2) is 69.4 Å². The highest BCUT2D eigenvalue weighted by atomic mass is 16.4. The molecule has 4 N–H and O–H groups in total. The first-order valence-electron chi connectivity index (χ1n) is 4.30. The Hall–Kier alpha value is -0.200. The molecule has 13 heavy (non-hydrogen) atoms. The van der Waals surface area contributed by atoms with Gasteiger partial charge in [0.1, 0.15) is 12.2 Å². The van der Waals surface area contributed by atoms with Gasteiger partial charge in [0.25, 0.3) is 0 Å². The van der Waals surface area contributed by atoms with Gasteiger partial charge in [0, 0.05) is 6.54 Å². The number of aliphatic hydroxyl groups excluding tert-OH is 4. The molecule has 0 radical (unpaired) electrons. The van der Waals surface area contributed by atoms with E-state index in [-0.39, 0.29) is 13.2 Å². The summed E-state index contributed by atoms with van der Waals surface area (Å²) in [5.74, 6) is 0. The summed E-state index contributed by atoms with van der Waals surface area (Å²) in [6.45, 7) is 1.64. The van der Waals surface area contributed by atoms with E-state index < -0.39 is 23.9 Å². The Bertz CT molecular complexity index is 189. The van der Waals surface area contributed by atoms with E-state index in [0.29, 0.717) is 0 Å². The van der Waals surface area contributed by atoms with E-state index in [0.717, 1.165) is 0 Å². The number of piperidine rings is 1. The molecule has 1 saturated heterocycles. The van der Waals surface area contributed by atoms with Crippen LogP contribution in [0, 0.1) is 0 Å². The average molecular weight is 191 g/mol. The van der Waals surface area contributed by atoms with Crippen LogP contribution in [0.2, 0.25) is 0 Å². The summed E-state index contributed by atoms with van der Waals surface area (Å²) in [6, 6.07) is 0. The molecule has 0 aromatic rings. The smallest absolute Gasteiger partial charge is 0.109 e. The maximum Gasteiger partial charge on any atom is 0.109 e. The van der Waals surface area contributed by atoms with Gasteiger partial charge >= 0.3 is 0 Å². The quantitative estimate of drug-likeness (QED) is 0.377. The van der Waals surface area contributed by atoms with Crippen molar-refractivity contribution in [3.63, 3.8) is 0 Å². The normalized spacial score (nSPS) is 48.0. The Morgan fingerprint density at radius 2 is 1.92 bits per heavy atom. The molecule has 1 fully saturated rings. The minimum Gasteiger partial charge on any atom is -0.394 e. The molecule has 4 atom stereocenters. The van der Waals surface area contributed by atoms with Crippen LogP contribution in [0.15, 0.2) is 0 Å². The molecular formula is C8H17NO4. The van der Waals surface area contributed by atoms with Crippen molar-refractivity contribution in [1.82, 2.24) is 4.90 Å². The Balaban J connectivity index is 2.85. The highest BCUT2D eigenvalue weighted by Crippen LogP contribution is 2.26. The van der Waals surface area contributed by atoms with Gasteiger partial charge in [-0.15, -0.1) is 0 Å². The summed E-state index contributed by atoms with van der Waals surface area (Å²) in [5, 5.41) is 37.4. The molecule has 78 valence electrons. The Labute approximate surface area is 77.2 Å². The van der Waals surface area contributed by atoms with Gasteiger partial charge in [0.2, 0.25) is 0 Å². The number of likely N-dealkylation sites (N-methyl/N-ethyl adjacent to an activating group) is 1. The van der Waals surface area contributed by atoms with Crippen LogP contribution in [0.25, 0.3) is 0 Å². The molecule has 0 amide bonds. The molecule has 1 rings (SSSR count). The third kappa shape index (κ3) is 1.58. The Kier molecular flexibility index (Phi) is 2.94. The third-order valence-electron chi connectivity index (χ3n) is 3.01. The Morgan fingerprint density at radius 1 is 1.38 bits per heavy atom. The number of nitrogens with zero attached hydrogens (tertiary/aromatic N) is 1. The zero-order valence-corrected chi connectivity index (χ0v) is 7.88. The summed E-state index contributed by atoms with van der Waals surface area (Å²) in [7, 11) is 1.69. The lowest BCUT2D eigenvalue weighted by Crippen LogP contribution is -2.68. The molecular weight excluding hydrogens is 174 g/mol. The van der Waals surface area contributed by atoms with Gasteiger partial charge < -0.3 is 20.4 Å². The van der Waals surface area contributed by atoms with E-state index in [4.69, 9.17) is 5.11 Å². The first-order valence-corrected chi connectivity index (χ1v) is 4.30. The van der Waals surface area contributed by atoms with Gasteiger partial charge in [-0.2, -0.15) is 0 Å². The second kappa shape index (κ2) is 3.51. The van der Waals surface area contributed by atoms with Crippen LogP contribution in [-0.2, 0) is 0 Å². The summed E-state index contributed by atoms with van der Waals surface area (Å²) in [5.41, 5.74) is -0.876. The van der Waals surface area contributed by atoms with Crippen LogP contribution in [0.1, 0.15) is 6.92 Å². The van der Waals surface area contributed by atoms with Gasteiger partial charge in [-0.25, -0.2) is 0 Å². The number of β-amino-alcohol motifs (C(OH)–C–C–N with tert-alkyl or cyclic N) is 1. The predicted octanol–water partition coefficient (Wildman–Crippen LogP) is -2.23. The van der Waals surface area contributed by atoms with Crippen LogP contribution < -0.4 is 0 Å². The lowest BCUT2D eigenvalue weighted by Gasteiger charge is -2.48. The molecule has 1 aliphatic heterocycles. The highest BCUT2D eigenvalue weighted by molar-refractivity contribution is 5.02. The second-order valence-electron chi connectivity index (χ2n) is 3.90. The van der Waals surface area contributed by atoms with Crippen molar-refractivity contribution in [2.24, 2.45) is 0 Å². The molecule has 0 spiro atoms. The zero-order chi connectivity index (χ0) is 10.2. The standard InChI is InChI=1S/C8H17NO4/c1-8(4-10)7(13)6(12)5(11)3-9(8)2/h5-7,10-13H,3-4H2,1-2H3. The maximum atomic E-state index is 9.63. The van der Waals surface area contributed by atoms with Gasteiger partial charge in [0.05, 0.1) is 18.2 Å². The van der Waals surface area contributed by atoms with Gasteiger partial charge in [0.15, 0.2) is 0 Å². The van der Waals surface area contributed by atoms with Gasteiger partial charge in [-0.1, -0.05) is 0 Å². The summed E-state index contributed by atoms with van der Waals surface area (Å²) in [6.07, 6.45) is -3.28. The number of hydrogen-bond acceptors (Lipinski definition) is 5. The van der Waals surface area contributed by atoms with Crippen LogP contribution in [0.4, 0.5) is 0 Å². The SMILES string of the molecule is CN1CC(O)C(O)C(O)C1(C)CO. The van der Waals surface area contributed by atoms with Gasteiger partial charge in [-0.05, 0) is 14.0 Å². The van der Waals surface area contributed by atoms with Crippen molar-refractivity contribution in [2.45, 2.75) is 30.8 Å². The van der Waals surface area contributed by atoms with Crippen LogP contribution in [0.5, 0.6) is 0 Å². The molecule has 1 heterocycles. The highest BCUT2D eigenvalue weighted by Gasteiger charge is 2.47. The van der Waals surface area contributed by atoms with E-state index >= 15 is 0 Å². The lowest BCUT2D eigenvalue weighted by molar-refractivity contribution is -0.174. The van der Waals surface area contributed by atoms with Crippen LogP contribution >= 0.6 is 0 Å². The predicted molar refractivity (Wildman–Crippen MR) is 46.1 cm³/mol. The lowest BCUT2D eigenvalue weighted by atomic mass is 9.83. The fourth-order valence-electron chi connectivity index (χ4n) is 1.62. The fourth-order valence-corrected chi connectivity index (χ4v) is 1.62. The van der Waals surface area contributed by atoms with Crippen molar-refractivity contribution in [1.29, 1.82) is 0 Å². The monoisotopic (exact) mass is 191 g/mol. The van der Waals surface area contributed by atoms with Crippen molar-refractivity contribution in [3.05, 3.63) is 0 Å². The topological polar surface area (TPSA) is 84.2 Å². The molecule has 5 nitrogen and oxygen atoms in total. The third-order valence-corrected chi connectivity index (χ3v) is 3.01. The number of aliphatic hydroxyl groups is 4. The number of hydrogen-bond donors (Lipinski definition) is 4. The largest absolute Gasteiger partial charge is 0.394 e. The van der Waals surface area contributed by atoms with Crippen molar-refractivity contribution < 1.29 is 20.4 Å². The molecule has 4 unspecified atom stereocenters. The van der Waals surface area contributed by atoms with Crippen molar-refractivity contribution in [2.75, 3.05) is 20.2 Å². The first-order chi connectivity index (χ1) is 5.93. The average Bonchev–Trinajstić information content (AvgIpc) is 2.11. The first kappa shape index (κ1) is 10.9. The van der Waals surface area contributed by atoms with Crippen molar-refractivity contribution in [3.8, 4) is 0 Å². The van der Waals surface area contributed by atoms with Gasteiger partial charge in [-0.3, -0.25) is 4.90 Å². The van der Waals surface area contributed by atoms with Crippen molar-refractivity contribution >= 4 is 0 Å². The maximum absolute atomic E-state index is 9.63. The molecule has 0 aliphatic carbocycles. The molecule has 0 bridgehead atoms. The second-order valence-corrected chi connectivity index (χ2v) is 3.90. The zero-order valence-electron chi connectivity index (χ0n) is 7.88. The van der Waals surface area contributed by atoms with E-state index in [1.807, 2.05) is 0 Å². The van der Waals surface area contributed by atoms with E-state index in [2.05, 4.69) is 0 Å². The number of rotatable bonds is 1. The molecule has 1 aliphatic rings. The Morgan fingerprint density at radius 3 is 2.38 bits per heavy atom. The van der Waals surface area contributed by atoms with Crippen LogP contribution in [0.3, 0.4) is 0 Å². The summed E-state index contributed by atoms with van der Waals surface area (Å²) < 4.78 is 0. The molecule has 0 aromatic heterocycles. The van der Waals surface area contributed by atoms with E-state index in [1.54, 1.807) is 18.9 Å².